The molecule has 24 heavy (non-hydrogen) atoms. The highest BCUT2D eigenvalue weighted by Gasteiger charge is 2.33. The van der Waals surface area contributed by atoms with Gasteiger partial charge in [0.15, 0.2) is 0 Å². The number of hydrogen-bond acceptors (Lipinski definition) is 5. The van der Waals surface area contributed by atoms with Gasteiger partial charge in [0.1, 0.15) is 23.1 Å². The lowest BCUT2D eigenvalue weighted by atomic mass is 9.93. The van der Waals surface area contributed by atoms with E-state index in [1.807, 2.05) is 6.92 Å². The first-order valence-electron chi connectivity index (χ1n) is 8.03. The fourth-order valence-corrected chi connectivity index (χ4v) is 4.48. The number of halogens is 1. The molecule has 1 heterocycles. The van der Waals surface area contributed by atoms with Crippen molar-refractivity contribution in [1.82, 2.24) is 4.31 Å². The maximum absolute atomic E-state index is 13.7. The average Bonchev–Trinajstić information content (AvgIpc) is 2.56. The number of hydrogen-bond donors (Lipinski definition) is 1. The van der Waals surface area contributed by atoms with Crippen molar-refractivity contribution in [3.63, 3.8) is 0 Å². The summed E-state index contributed by atoms with van der Waals surface area (Å²) in [7, 11) is -2.33. The number of ether oxygens (including phenoxy) is 2. The maximum Gasteiger partial charge on any atom is 0.246 e. The molecule has 136 valence electrons. The van der Waals surface area contributed by atoms with Crippen LogP contribution in [0.3, 0.4) is 0 Å². The zero-order valence-corrected chi connectivity index (χ0v) is 14.9. The first-order valence-corrected chi connectivity index (χ1v) is 9.47. The van der Waals surface area contributed by atoms with E-state index in [2.05, 4.69) is 0 Å². The molecule has 1 aliphatic heterocycles. The lowest BCUT2D eigenvalue weighted by molar-refractivity contribution is 0.144. The van der Waals surface area contributed by atoms with Crippen molar-refractivity contribution in [3.8, 4) is 5.75 Å². The van der Waals surface area contributed by atoms with Crippen molar-refractivity contribution in [2.24, 2.45) is 11.7 Å². The third-order valence-corrected chi connectivity index (χ3v) is 6.12. The Labute approximate surface area is 142 Å². The van der Waals surface area contributed by atoms with Crippen LogP contribution in [0.1, 0.15) is 19.8 Å². The monoisotopic (exact) mass is 360 g/mol. The molecule has 0 aromatic heterocycles. The van der Waals surface area contributed by atoms with E-state index < -0.39 is 15.8 Å². The van der Waals surface area contributed by atoms with Crippen LogP contribution < -0.4 is 10.5 Å². The van der Waals surface area contributed by atoms with Crippen molar-refractivity contribution in [2.45, 2.75) is 30.7 Å². The van der Waals surface area contributed by atoms with E-state index in [9.17, 15) is 12.8 Å². The van der Waals surface area contributed by atoms with Crippen LogP contribution in [0.2, 0.25) is 0 Å². The predicted octanol–water partition coefficient (Wildman–Crippen LogP) is 1.60. The molecule has 0 spiro atoms. The highest BCUT2D eigenvalue weighted by molar-refractivity contribution is 7.89. The Morgan fingerprint density at radius 1 is 1.42 bits per heavy atom. The summed E-state index contributed by atoms with van der Waals surface area (Å²) in [4.78, 5) is -0.149. The van der Waals surface area contributed by atoms with E-state index >= 15 is 0 Å². The van der Waals surface area contributed by atoms with Gasteiger partial charge < -0.3 is 15.2 Å². The van der Waals surface area contributed by atoms with Crippen molar-refractivity contribution < 1.29 is 22.3 Å². The van der Waals surface area contributed by atoms with Gasteiger partial charge in [-0.2, -0.15) is 4.31 Å². The number of benzene rings is 1. The smallest absolute Gasteiger partial charge is 0.246 e. The lowest BCUT2D eigenvalue weighted by Gasteiger charge is -2.34. The number of nitrogens with two attached hydrogens (primary N) is 1. The van der Waals surface area contributed by atoms with Gasteiger partial charge in [-0.05, 0) is 43.9 Å². The van der Waals surface area contributed by atoms with Gasteiger partial charge in [-0.15, -0.1) is 0 Å². The van der Waals surface area contributed by atoms with Crippen molar-refractivity contribution in [2.75, 3.05) is 33.4 Å². The van der Waals surface area contributed by atoms with Gasteiger partial charge >= 0.3 is 0 Å². The standard InChI is InChI=1S/C16H25FN2O4S/c1-12(18)13-4-3-7-19(11-13)24(20,21)16-10-14(17)5-6-15(16)23-9-8-22-2/h5-6,10,12-13H,3-4,7-9,11,18H2,1-2H3. The van der Waals surface area contributed by atoms with Crippen LogP contribution in [-0.2, 0) is 14.8 Å². The molecule has 2 atom stereocenters. The molecular formula is C16H25FN2O4S. The van der Waals surface area contributed by atoms with Crippen LogP contribution in [-0.4, -0.2) is 52.2 Å². The van der Waals surface area contributed by atoms with Gasteiger partial charge in [-0.3, -0.25) is 0 Å². The predicted molar refractivity (Wildman–Crippen MR) is 88.9 cm³/mol. The summed E-state index contributed by atoms with van der Waals surface area (Å²) in [5, 5.41) is 0. The van der Waals surface area contributed by atoms with Crippen molar-refractivity contribution >= 4 is 10.0 Å². The Morgan fingerprint density at radius 2 is 2.17 bits per heavy atom. The molecule has 8 heteroatoms. The van der Waals surface area contributed by atoms with Gasteiger partial charge in [0, 0.05) is 26.2 Å². The zero-order chi connectivity index (χ0) is 17.7. The summed E-state index contributed by atoms with van der Waals surface area (Å²) >= 11 is 0. The molecule has 1 fully saturated rings. The largest absolute Gasteiger partial charge is 0.490 e. The number of piperidine rings is 1. The molecule has 0 bridgehead atoms. The Balaban J connectivity index is 2.29. The molecule has 2 N–H and O–H groups in total. The summed E-state index contributed by atoms with van der Waals surface area (Å²) in [5.41, 5.74) is 5.93. The van der Waals surface area contributed by atoms with Crippen LogP contribution in [0.15, 0.2) is 23.1 Å². The fraction of sp³-hybridized carbons (Fsp3) is 0.625. The van der Waals surface area contributed by atoms with Gasteiger partial charge in [0.25, 0.3) is 0 Å². The third kappa shape index (κ3) is 4.44. The van der Waals surface area contributed by atoms with Crippen molar-refractivity contribution in [3.05, 3.63) is 24.0 Å². The van der Waals surface area contributed by atoms with E-state index in [-0.39, 0.29) is 29.2 Å². The molecule has 1 saturated heterocycles. The highest BCUT2D eigenvalue weighted by Crippen LogP contribution is 2.31. The Morgan fingerprint density at radius 3 is 2.83 bits per heavy atom. The minimum atomic E-state index is -3.85. The van der Waals surface area contributed by atoms with E-state index in [1.165, 1.54) is 23.5 Å². The van der Waals surface area contributed by atoms with Gasteiger partial charge in [0.2, 0.25) is 10.0 Å². The zero-order valence-electron chi connectivity index (χ0n) is 14.1. The van der Waals surface area contributed by atoms with Crippen LogP contribution >= 0.6 is 0 Å². The Bertz CT molecular complexity index is 651. The van der Waals surface area contributed by atoms with E-state index in [0.29, 0.717) is 19.7 Å². The first kappa shape index (κ1) is 19.1. The molecule has 1 aromatic carbocycles. The van der Waals surface area contributed by atoms with Crippen LogP contribution in [0.5, 0.6) is 5.75 Å². The average molecular weight is 360 g/mol. The maximum atomic E-state index is 13.7. The topological polar surface area (TPSA) is 81.9 Å². The number of nitrogens with zero attached hydrogens (tertiary/aromatic N) is 1. The van der Waals surface area contributed by atoms with Crippen LogP contribution in [0.25, 0.3) is 0 Å². The summed E-state index contributed by atoms with van der Waals surface area (Å²) in [6.07, 6.45) is 1.63. The number of rotatable bonds is 7. The second-order valence-electron chi connectivity index (χ2n) is 6.06. The third-order valence-electron chi connectivity index (χ3n) is 4.23. The van der Waals surface area contributed by atoms with Crippen molar-refractivity contribution in [1.29, 1.82) is 0 Å². The van der Waals surface area contributed by atoms with E-state index in [4.69, 9.17) is 15.2 Å². The SMILES string of the molecule is COCCOc1ccc(F)cc1S(=O)(=O)N1CCCC(C(C)N)C1. The molecule has 2 unspecified atom stereocenters. The summed E-state index contributed by atoms with van der Waals surface area (Å²) in [6, 6.07) is 3.44. The van der Waals surface area contributed by atoms with Crippen LogP contribution in [0, 0.1) is 11.7 Å². The number of sulfonamides is 1. The van der Waals surface area contributed by atoms with Crippen LogP contribution in [0.4, 0.5) is 4.39 Å². The lowest BCUT2D eigenvalue weighted by Crippen LogP contribution is -2.45. The molecular weight excluding hydrogens is 335 g/mol. The fourth-order valence-electron chi connectivity index (χ4n) is 2.80. The first-order chi connectivity index (χ1) is 11.4. The van der Waals surface area contributed by atoms with E-state index in [1.54, 1.807) is 0 Å². The summed E-state index contributed by atoms with van der Waals surface area (Å²) < 4.78 is 51.3. The Hall–Kier alpha value is -1.22. The molecule has 2 rings (SSSR count). The second kappa shape index (κ2) is 8.24. The minimum absolute atomic E-state index is 0.0899. The minimum Gasteiger partial charge on any atom is -0.490 e. The molecule has 0 radical (unpaired) electrons. The molecule has 0 aliphatic carbocycles. The van der Waals surface area contributed by atoms with E-state index in [0.717, 1.165) is 18.9 Å². The molecule has 0 saturated carbocycles. The molecule has 1 aromatic rings. The number of methoxy groups -OCH3 is 1. The quantitative estimate of drug-likeness (QED) is 0.747. The van der Waals surface area contributed by atoms with Gasteiger partial charge in [0.05, 0.1) is 6.61 Å². The molecule has 1 aliphatic rings. The summed E-state index contributed by atoms with van der Waals surface area (Å²) in [6.45, 7) is 3.12. The highest BCUT2D eigenvalue weighted by atomic mass is 32.2. The molecule has 0 amide bonds. The van der Waals surface area contributed by atoms with Gasteiger partial charge in [-0.1, -0.05) is 0 Å². The normalized spacial score (nSPS) is 20.8. The summed E-state index contributed by atoms with van der Waals surface area (Å²) in [5.74, 6) is -0.385. The second-order valence-corrected chi connectivity index (χ2v) is 7.96. The Kier molecular flexibility index (Phi) is 6.56. The molecule has 6 nitrogen and oxygen atoms in total. The van der Waals surface area contributed by atoms with Gasteiger partial charge in [-0.25, -0.2) is 12.8 Å².